The Bertz CT molecular complexity index is 3480. The molecule has 12 aromatic rings. The second-order valence-corrected chi connectivity index (χ2v) is 20.3. The van der Waals surface area contributed by atoms with Gasteiger partial charge in [-0.05, 0) is 85.5 Å². The molecular formula is C60H42N2Si. The van der Waals surface area contributed by atoms with E-state index < -0.39 is 8.07 Å². The second kappa shape index (κ2) is 15.2. The van der Waals surface area contributed by atoms with Crippen molar-refractivity contribution in [1.82, 2.24) is 9.13 Å². The zero-order valence-corrected chi connectivity index (χ0v) is 35.6. The molecule has 0 N–H and O–H groups in total. The lowest BCUT2D eigenvalue weighted by Gasteiger charge is -2.34. The van der Waals surface area contributed by atoms with E-state index in [0.717, 1.165) is 11.4 Å². The molecule has 63 heavy (non-hydrogen) atoms. The predicted octanol–water partition coefficient (Wildman–Crippen LogP) is 12.6. The molecule has 0 spiro atoms. The first-order chi connectivity index (χ1) is 31.3. The number of fused-ring (bicyclic) bond motifs is 6. The first kappa shape index (κ1) is 36.8. The van der Waals surface area contributed by atoms with Gasteiger partial charge in [-0.2, -0.15) is 0 Å². The predicted molar refractivity (Wildman–Crippen MR) is 270 cm³/mol. The maximum absolute atomic E-state index is 2.79. The summed E-state index contributed by atoms with van der Waals surface area (Å²) in [5.41, 5.74) is 11.9. The van der Waals surface area contributed by atoms with Crippen molar-refractivity contribution in [3.63, 3.8) is 0 Å². The molecule has 3 heteroatoms. The van der Waals surface area contributed by atoms with E-state index >= 15 is 0 Å². The molecule has 2 nitrogen and oxygen atoms in total. The molecule has 296 valence electrons. The maximum Gasteiger partial charge on any atom is 0.179 e. The van der Waals surface area contributed by atoms with Crippen LogP contribution in [0.15, 0.2) is 255 Å². The number of hydrogen-bond acceptors (Lipinski definition) is 0. The van der Waals surface area contributed by atoms with E-state index in [2.05, 4.69) is 264 Å². The van der Waals surface area contributed by atoms with Gasteiger partial charge in [0.15, 0.2) is 8.07 Å². The van der Waals surface area contributed by atoms with E-state index in [1.807, 2.05) is 0 Å². The van der Waals surface area contributed by atoms with Crippen LogP contribution in [0, 0.1) is 0 Å². The van der Waals surface area contributed by atoms with Crippen molar-refractivity contribution in [3.05, 3.63) is 255 Å². The SMILES string of the molecule is c1ccc(-c2ccc(-n3c4cc(-n5c6ccccc6c6ccc([Si](c7ccccc7)(c7ccccc7)c7ccccc7)cc65)ccc4c4c(-c5ccccc5)cccc43)cc2)cc1. The van der Waals surface area contributed by atoms with Crippen molar-refractivity contribution in [2.45, 2.75) is 0 Å². The minimum Gasteiger partial charge on any atom is -0.309 e. The van der Waals surface area contributed by atoms with Gasteiger partial charge in [-0.3, -0.25) is 0 Å². The van der Waals surface area contributed by atoms with Gasteiger partial charge in [0.2, 0.25) is 0 Å². The molecule has 0 bridgehead atoms. The van der Waals surface area contributed by atoms with E-state index in [0.29, 0.717) is 0 Å². The molecule has 0 aliphatic rings. The van der Waals surface area contributed by atoms with Crippen LogP contribution in [0.5, 0.6) is 0 Å². The Kier molecular flexibility index (Phi) is 8.87. The van der Waals surface area contributed by atoms with Crippen LogP contribution in [-0.4, -0.2) is 17.2 Å². The molecular weight excluding hydrogens is 777 g/mol. The summed E-state index contributed by atoms with van der Waals surface area (Å²) in [6.45, 7) is 0. The molecule has 0 atom stereocenters. The Morgan fingerprint density at radius 1 is 0.254 bits per heavy atom. The third-order valence-corrected chi connectivity index (χ3v) is 17.9. The van der Waals surface area contributed by atoms with Crippen LogP contribution in [0.1, 0.15) is 0 Å². The first-order valence-electron chi connectivity index (χ1n) is 21.8. The number of aromatic nitrogens is 2. The molecule has 0 saturated carbocycles. The van der Waals surface area contributed by atoms with Crippen LogP contribution in [0.25, 0.3) is 77.2 Å². The minimum absolute atomic E-state index is 1.13. The molecule has 0 saturated heterocycles. The van der Waals surface area contributed by atoms with Crippen molar-refractivity contribution >= 4 is 72.4 Å². The van der Waals surface area contributed by atoms with Crippen LogP contribution < -0.4 is 20.7 Å². The molecule has 0 aliphatic carbocycles. The average Bonchev–Trinajstić information content (AvgIpc) is 3.88. The van der Waals surface area contributed by atoms with Gasteiger partial charge in [0.05, 0.1) is 22.1 Å². The van der Waals surface area contributed by atoms with Gasteiger partial charge in [0, 0.05) is 32.9 Å². The topological polar surface area (TPSA) is 9.86 Å². The van der Waals surface area contributed by atoms with Crippen molar-refractivity contribution in [3.8, 4) is 33.6 Å². The van der Waals surface area contributed by atoms with Gasteiger partial charge >= 0.3 is 0 Å². The summed E-state index contributed by atoms with van der Waals surface area (Å²) in [5, 5.41) is 10.4. The number of nitrogens with zero attached hydrogens (tertiary/aromatic N) is 2. The Hall–Kier alpha value is -7.98. The largest absolute Gasteiger partial charge is 0.309 e. The molecule has 2 heterocycles. The normalized spacial score (nSPS) is 11.8. The van der Waals surface area contributed by atoms with Crippen LogP contribution in [0.4, 0.5) is 0 Å². The number of hydrogen-bond donors (Lipinski definition) is 0. The quantitative estimate of drug-likeness (QED) is 0.107. The lowest BCUT2D eigenvalue weighted by molar-refractivity contribution is 1.15. The number of para-hydroxylation sites is 1. The monoisotopic (exact) mass is 818 g/mol. The highest BCUT2D eigenvalue weighted by Gasteiger charge is 2.41. The number of benzene rings is 10. The molecule has 0 fully saturated rings. The Morgan fingerprint density at radius 3 is 1.35 bits per heavy atom. The standard InChI is InChI=1S/C60H42N2Si/c1-6-19-43(20-7-1)44-33-35-46(36-34-44)61-57-32-18-30-52(45-21-8-2-9-22-45)60(57)55-39-37-47(41-58(55)61)62-56-31-17-16-29-53(56)54-40-38-51(42-59(54)62)63(48-23-10-3-11-24-48,49-25-12-4-13-26-49)50-27-14-5-15-28-50/h1-42H. The lowest BCUT2D eigenvalue weighted by atomic mass is 9.99. The van der Waals surface area contributed by atoms with Crippen molar-refractivity contribution in [2.75, 3.05) is 0 Å². The van der Waals surface area contributed by atoms with Gasteiger partial charge in [-0.1, -0.05) is 212 Å². The van der Waals surface area contributed by atoms with Gasteiger partial charge in [0.1, 0.15) is 0 Å². The van der Waals surface area contributed by atoms with Gasteiger partial charge in [-0.15, -0.1) is 0 Å². The van der Waals surface area contributed by atoms with E-state index in [4.69, 9.17) is 0 Å². The summed E-state index contributed by atoms with van der Waals surface area (Å²) in [7, 11) is -2.79. The van der Waals surface area contributed by atoms with Crippen molar-refractivity contribution < 1.29 is 0 Å². The Balaban J connectivity index is 1.14. The summed E-state index contributed by atoms with van der Waals surface area (Å²) in [6, 6.07) is 94.2. The number of rotatable bonds is 8. The fourth-order valence-corrected chi connectivity index (χ4v) is 15.1. The highest BCUT2D eigenvalue weighted by Crippen LogP contribution is 2.41. The van der Waals surface area contributed by atoms with Crippen molar-refractivity contribution in [1.29, 1.82) is 0 Å². The fraction of sp³-hybridized carbons (Fsp3) is 0. The average molecular weight is 819 g/mol. The highest BCUT2D eigenvalue weighted by atomic mass is 28.3. The lowest BCUT2D eigenvalue weighted by Crippen LogP contribution is -2.74. The van der Waals surface area contributed by atoms with Crippen LogP contribution in [0.2, 0.25) is 0 Å². The molecule has 12 rings (SSSR count). The van der Waals surface area contributed by atoms with E-state index in [-0.39, 0.29) is 0 Å². The summed E-state index contributed by atoms with van der Waals surface area (Å²) in [5.74, 6) is 0. The first-order valence-corrected chi connectivity index (χ1v) is 23.8. The van der Waals surface area contributed by atoms with Crippen LogP contribution >= 0.6 is 0 Å². The molecule has 0 amide bonds. The molecule has 2 aromatic heterocycles. The van der Waals surface area contributed by atoms with Crippen LogP contribution in [0.3, 0.4) is 0 Å². The summed E-state index contributed by atoms with van der Waals surface area (Å²) < 4.78 is 4.97. The minimum atomic E-state index is -2.79. The molecule has 0 radical (unpaired) electrons. The van der Waals surface area contributed by atoms with Crippen molar-refractivity contribution in [2.24, 2.45) is 0 Å². The molecule has 10 aromatic carbocycles. The Morgan fingerprint density at radius 2 is 0.714 bits per heavy atom. The smallest absolute Gasteiger partial charge is 0.179 e. The fourth-order valence-electron chi connectivity index (χ4n) is 10.3. The summed E-state index contributed by atoms with van der Waals surface area (Å²) in [4.78, 5) is 0. The highest BCUT2D eigenvalue weighted by molar-refractivity contribution is 7.20. The summed E-state index contributed by atoms with van der Waals surface area (Å²) in [6.07, 6.45) is 0. The Labute approximate surface area is 368 Å². The van der Waals surface area contributed by atoms with Gasteiger partial charge in [-0.25, -0.2) is 0 Å². The zero-order valence-electron chi connectivity index (χ0n) is 34.6. The zero-order chi connectivity index (χ0) is 41.7. The third kappa shape index (κ3) is 5.93. The third-order valence-electron chi connectivity index (χ3n) is 13.1. The molecule has 0 unspecified atom stereocenters. The van der Waals surface area contributed by atoms with Crippen LogP contribution in [-0.2, 0) is 0 Å². The van der Waals surface area contributed by atoms with E-state index in [9.17, 15) is 0 Å². The second-order valence-electron chi connectivity index (χ2n) is 16.4. The van der Waals surface area contributed by atoms with E-state index in [1.54, 1.807) is 0 Å². The summed E-state index contributed by atoms with van der Waals surface area (Å²) >= 11 is 0. The van der Waals surface area contributed by atoms with Gasteiger partial charge < -0.3 is 9.13 Å². The van der Waals surface area contributed by atoms with E-state index in [1.165, 1.54) is 86.6 Å². The van der Waals surface area contributed by atoms with Gasteiger partial charge in [0.25, 0.3) is 0 Å². The molecule has 0 aliphatic heterocycles. The maximum atomic E-state index is 2.52.